The van der Waals surface area contributed by atoms with Crippen LogP contribution in [-0.2, 0) is 4.79 Å². The first kappa shape index (κ1) is 12.7. The molecule has 1 aromatic rings. The summed E-state index contributed by atoms with van der Waals surface area (Å²) in [6.45, 7) is 0. The number of allylic oxidation sites excluding steroid dienone is 1. The van der Waals surface area contributed by atoms with Crippen LogP contribution in [0.1, 0.15) is 6.42 Å². The van der Waals surface area contributed by atoms with Crippen LogP contribution in [0.3, 0.4) is 0 Å². The smallest absolute Gasteiger partial charge is 0.224 e. The van der Waals surface area contributed by atoms with E-state index in [-0.39, 0.29) is 35.0 Å². The van der Waals surface area contributed by atoms with Crippen LogP contribution in [0.4, 0.5) is 5.82 Å². The molecule has 0 radical (unpaired) electrons. The summed E-state index contributed by atoms with van der Waals surface area (Å²) in [7, 11) is 0. The van der Waals surface area contributed by atoms with Crippen LogP contribution in [-0.4, -0.2) is 21.9 Å². The van der Waals surface area contributed by atoms with E-state index in [0.717, 1.165) is 6.42 Å². The first-order valence-corrected chi connectivity index (χ1v) is 6.74. The molecule has 0 spiro atoms. The van der Waals surface area contributed by atoms with Crippen molar-refractivity contribution >= 4 is 34.9 Å². The van der Waals surface area contributed by atoms with E-state index in [1.54, 1.807) is 0 Å². The van der Waals surface area contributed by atoms with Crippen LogP contribution in [0.25, 0.3) is 0 Å². The number of fused-ring (bicyclic) bond motifs is 2. The van der Waals surface area contributed by atoms with Crippen molar-refractivity contribution in [1.82, 2.24) is 9.97 Å². The number of halogens is 2. The van der Waals surface area contributed by atoms with Crippen molar-refractivity contribution in [3.8, 4) is 0 Å². The Hall–Kier alpha value is -1.33. The van der Waals surface area contributed by atoms with E-state index in [2.05, 4.69) is 27.4 Å². The molecule has 2 aliphatic rings. The Morgan fingerprint density at radius 3 is 2.84 bits per heavy atom. The van der Waals surface area contributed by atoms with Gasteiger partial charge in [-0.05, 0) is 29.9 Å². The van der Waals surface area contributed by atoms with E-state index in [1.165, 1.54) is 6.20 Å². The molecule has 3 rings (SSSR count). The van der Waals surface area contributed by atoms with Gasteiger partial charge in [-0.2, -0.15) is 4.98 Å². The molecule has 1 fully saturated rings. The summed E-state index contributed by atoms with van der Waals surface area (Å²) in [5, 5.41) is 3.68. The molecule has 0 aromatic carbocycles. The van der Waals surface area contributed by atoms with Crippen LogP contribution in [0.15, 0.2) is 18.3 Å². The largest absolute Gasteiger partial charge is 0.369 e. The van der Waals surface area contributed by atoms with Gasteiger partial charge in [-0.3, -0.25) is 4.79 Å². The molecule has 2 bridgehead atoms. The molecule has 5 nitrogen and oxygen atoms in total. The topological polar surface area (TPSA) is 80.9 Å². The van der Waals surface area contributed by atoms with Crippen molar-refractivity contribution in [3.05, 3.63) is 28.7 Å². The van der Waals surface area contributed by atoms with Gasteiger partial charge in [0.2, 0.25) is 11.2 Å². The van der Waals surface area contributed by atoms with E-state index in [1.807, 2.05) is 0 Å². The molecule has 0 aliphatic heterocycles. The van der Waals surface area contributed by atoms with Gasteiger partial charge in [-0.15, -0.1) is 0 Å². The molecular weight excluding hydrogens is 287 g/mol. The maximum absolute atomic E-state index is 11.6. The minimum atomic E-state index is -0.300. The molecule has 3 N–H and O–H groups in total. The number of nitrogens with two attached hydrogens (primary N) is 1. The summed E-state index contributed by atoms with van der Waals surface area (Å²) < 4.78 is 0. The number of amides is 1. The molecular formula is C12H12Cl2N4O. The number of hydrogen-bond acceptors (Lipinski definition) is 4. The van der Waals surface area contributed by atoms with Crippen molar-refractivity contribution in [1.29, 1.82) is 0 Å². The van der Waals surface area contributed by atoms with Gasteiger partial charge < -0.3 is 11.1 Å². The summed E-state index contributed by atoms with van der Waals surface area (Å²) in [5.41, 5.74) is 5.49. The maximum atomic E-state index is 11.6. The molecule has 100 valence electrons. The van der Waals surface area contributed by atoms with Gasteiger partial charge in [-0.25, -0.2) is 4.98 Å². The zero-order valence-electron chi connectivity index (χ0n) is 9.88. The Labute approximate surface area is 120 Å². The Balaban J connectivity index is 1.88. The van der Waals surface area contributed by atoms with Crippen LogP contribution in [0, 0.1) is 17.8 Å². The Bertz CT molecular complexity index is 563. The number of anilines is 1. The second-order valence-electron chi connectivity index (χ2n) is 4.88. The van der Waals surface area contributed by atoms with Gasteiger partial charge >= 0.3 is 0 Å². The maximum Gasteiger partial charge on any atom is 0.224 e. The molecule has 1 heterocycles. The predicted molar refractivity (Wildman–Crippen MR) is 72.9 cm³/mol. The fraction of sp³-hybridized carbons (Fsp3) is 0.417. The highest BCUT2D eigenvalue weighted by Crippen LogP contribution is 2.45. The molecule has 1 saturated carbocycles. The van der Waals surface area contributed by atoms with Gasteiger partial charge in [0.1, 0.15) is 10.8 Å². The summed E-state index contributed by atoms with van der Waals surface area (Å²) in [4.78, 5) is 19.4. The van der Waals surface area contributed by atoms with Crippen molar-refractivity contribution < 1.29 is 4.79 Å². The molecule has 1 amide bonds. The lowest BCUT2D eigenvalue weighted by molar-refractivity contribution is -0.122. The van der Waals surface area contributed by atoms with E-state index in [0.29, 0.717) is 10.8 Å². The summed E-state index contributed by atoms with van der Waals surface area (Å²) in [5.74, 6) is 0.382. The number of nitrogens with one attached hydrogen (secondary N) is 1. The fourth-order valence-electron chi connectivity index (χ4n) is 3.01. The van der Waals surface area contributed by atoms with Gasteiger partial charge in [0.25, 0.3) is 0 Å². The van der Waals surface area contributed by atoms with Crippen LogP contribution in [0.2, 0.25) is 10.3 Å². The number of carbonyl (C=O) groups is 1. The molecule has 2 aliphatic carbocycles. The zero-order chi connectivity index (χ0) is 13.6. The normalized spacial score (nSPS) is 31.7. The third-order valence-electron chi connectivity index (χ3n) is 3.81. The van der Waals surface area contributed by atoms with E-state index >= 15 is 0 Å². The second-order valence-corrected chi connectivity index (χ2v) is 5.63. The Kier molecular flexibility index (Phi) is 3.11. The van der Waals surface area contributed by atoms with E-state index < -0.39 is 0 Å². The molecule has 7 heteroatoms. The van der Waals surface area contributed by atoms with Crippen molar-refractivity contribution in [3.63, 3.8) is 0 Å². The monoisotopic (exact) mass is 298 g/mol. The number of rotatable bonds is 3. The van der Waals surface area contributed by atoms with E-state index in [4.69, 9.17) is 28.9 Å². The van der Waals surface area contributed by atoms with Crippen molar-refractivity contribution in [2.45, 2.75) is 12.5 Å². The third-order valence-corrected chi connectivity index (χ3v) is 4.26. The van der Waals surface area contributed by atoms with Gasteiger partial charge in [0.15, 0.2) is 0 Å². The molecule has 0 unspecified atom stereocenters. The first-order chi connectivity index (χ1) is 9.06. The minimum absolute atomic E-state index is 0.0871. The van der Waals surface area contributed by atoms with Crippen molar-refractivity contribution in [2.75, 3.05) is 5.32 Å². The minimum Gasteiger partial charge on any atom is -0.369 e. The van der Waals surface area contributed by atoms with Crippen molar-refractivity contribution in [2.24, 2.45) is 23.5 Å². The van der Waals surface area contributed by atoms with Gasteiger partial charge in [0, 0.05) is 6.04 Å². The average Bonchev–Trinajstić information content (AvgIpc) is 2.94. The number of primary amides is 1. The third kappa shape index (κ3) is 2.17. The van der Waals surface area contributed by atoms with Gasteiger partial charge in [0.05, 0.1) is 12.1 Å². The quantitative estimate of drug-likeness (QED) is 0.659. The number of carbonyl (C=O) groups excluding carboxylic acids is 1. The summed E-state index contributed by atoms with van der Waals surface area (Å²) >= 11 is 11.8. The number of nitrogens with zero attached hydrogens (tertiary/aromatic N) is 2. The average molecular weight is 299 g/mol. The SMILES string of the molecule is NC(=O)[C@@H]1[C@H](Nc2nc(Cl)ncc2Cl)[C@H]2C=C[C@@H]1C2. The molecule has 0 saturated heterocycles. The summed E-state index contributed by atoms with van der Waals surface area (Å²) in [6, 6.07) is -0.0871. The predicted octanol–water partition coefficient (Wildman–Crippen LogP) is 1.87. The first-order valence-electron chi connectivity index (χ1n) is 5.98. The summed E-state index contributed by atoms with van der Waals surface area (Å²) in [6.07, 6.45) is 6.54. The molecule has 1 aromatic heterocycles. The van der Waals surface area contributed by atoms with Crippen LogP contribution >= 0.6 is 23.2 Å². The highest BCUT2D eigenvalue weighted by molar-refractivity contribution is 6.33. The lowest BCUT2D eigenvalue weighted by Crippen LogP contribution is -2.41. The number of hydrogen-bond donors (Lipinski definition) is 2. The highest BCUT2D eigenvalue weighted by Gasteiger charge is 2.47. The molecule has 4 atom stereocenters. The van der Waals surface area contributed by atoms with Crippen LogP contribution < -0.4 is 11.1 Å². The Morgan fingerprint density at radius 2 is 2.11 bits per heavy atom. The highest BCUT2D eigenvalue weighted by atomic mass is 35.5. The van der Waals surface area contributed by atoms with Gasteiger partial charge in [-0.1, -0.05) is 23.8 Å². The zero-order valence-corrected chi connectivity index (χ0v) is 11.4. The fourth-order valence-corrected chi connectivity index (χ4v) is 3.29. The lowest BCUT2D eigenvalue weighted by Gasteiger charge is -2.27. The number of aromatic nitrogens is 2. The van der Waals surface area contributed by atoms with E-state index in [9.17, 15) is 4.79 Å². The Morgan fingerprint density at radius 1 is 1.37 bits per heavy atom. The second kappa shape index (κ2) is 4.65. The van der Waals surface area contributed by atoms with Crippen LogP contribution in [0.5, 0.6) is 0 Å². The lowest BCUT2D eigenvalue weighted by atomic mass is 9.88. The standard InChI is InChI=1S/C12H12Cl2N4O/c13-7-4-16-12(14)18-11(7)17-9-6-2-1-5(3-6)8(9)10(15)19/h1-2,4-6,8-9H,3H2,(H2,15,19)(H,16,17,18)/t5-,6+,8+,9-/m1/s1. The molecule has 19 heavy (non-hydrogen) atoms.